The summed E-state index contributed by atoms with van der Waals surface area (Å²) in [7, 11) is 0. The van der Waals surface area contributed by atoms with Crippen LogP contribution in [0.4, 0.5) is 13.2 Å². The van der Waals surface area contributed by atoms with Crippen molar-refractivity contribution >= 4 is 0 Å². The van der Waals surface area contributed by atoms with Crippen LogP contribution in [0.5, 0.6) is 0 Å². The minimum absolute atomic E-state index is 0.0769. The summed E-state index contributed by atoms with van der Waals surface area (Å²) in [5.74, 6) is -3.45. The van der Waals surface area contributed by atoms with Crippen molar-refractivity contribution in [2.75, 3.05) is 0 Å². The highest BCUT2D eigenvalue weighted by molar-refractivity contribution is 5.63. The minimum Gasteiger partial charge on any atom is -0.207 e. The highest BCUT2D eigenvalue weighted by atomic mass is 19.3. The second kappa shape index (κ2) is 4.40. The number of aryl methyl sites for hydroxylation is 1. The van der Waals surface area contributed by atoms with Crippen LogP contribution in [0.2, 0.25) is 0 Å². The molecular weight excluding hydrogens is 241 g/mol. The highest BCUT2D eigenvalue weighted by Crippen LogP contribution is 2.34. The van der Waals surface area contributed by atoms with Gasteiger partial charge in [0, 0.05) is 12.5 Å². The third-order valence-corrected chi connectivity index (χ3v) is 2.51. The van der Waals surface area contributed by atoms with Crippen molar-refractivity contribution in [2.24, 2.45) is 0 Å². The molecule has 0 saturated heterocycles. The smallest absolute Gasteiger partial charge is 0.207 e. The lowest BCUT2D eigenvalue weighted by molar-refractivity contribution is 0.0175. The Balaban J connectivity index is 2.60. The number of aromatic nitrogens is 2. The van der Waals surface area contributed by atoms with Gasteiger partial charge in [0.05, 0.1) is 11.3 Å². The molecule has 1 heterocycles. The van der Waals surface area contributed by atoms with E-state index in [0.29, 0.717) is 11.3 Å². The second-order valence-electron chi connectivity index (χ2n) is 4.14. The average Bonchev–Trinajstić information content (AvgIpc) is 2.29. The molecule has 0 aliphatic carbocycles. The maximum Gasteiger partial charge on any atom is 0.272 e. The van der Waals surface area contributed by atoms with Crippen molar-refractivity contribution in [1.29, 1.82) is 0 Å². The van der Waals surface area contributed by atoms with E-state index in [-0.39, 0.29) is 11.3 Å². The minimum atomic E-state index is -3.02. The van der Waals surface area contributed by atoms with E-state index >= 15 is 0 Å². The van der Waals surface area contributed by atoms with E-state index in [1.165, 1.54) is 30.3 Å². The first kappa shape index (κ1) is 12.5. The van der Waals surface area contributed by atoms with Gasteiger partial charge in [-0.05, 0) is 37.3 Å². The van der Waals surface area contributed by atoms with Crippen molar-refractivity contribution in [3.05, 3.63) is 47.4 Å². The SMILES string of the molecule is Cc1cc(C(C)(F)F)c(-c2ccc(F)cc2)nn1. The summed E-state index contributed by atoms with van der Waals surface area (Å²) in [6, 6.07) is 6.52. The predicted octanol–water partition coefficient (Wildman–Crippen LogP) is 3.70. The van der Waals surface area contributed by atoms with Crippen LogP contribution >= 0.6 is 0 Å². The summed E-state index contributed by atoms with van der Waals surface area (Å²) >= 11 is 0. The lowest BCUT2D eigenvalue weighted by Crippen LogP contribution is -2.11. The van der Waals surface area contributed by atoms with Crippen LogP contribution in [-0.4, -0.2) is 10.2 Å². The van der Waals surface area contributed by atoms with E-state index < -0.39 is 11.7 Å². The number of alkyl halides is 2. The first-order valence-electron chi connectivity index (χ1n) is 5.36. The van der Waals surface area contributed by atoms with Crippen molar-refractivity contribution in [3.8, 4) is 11.3 Å². The molecule has 94 valence electrons. The molecule has 2 rings (SSSR count). The molecule has 0 aliphatic rings. The molecule has 5 heteroatoms. The molecule has 0 unspecified atom stereocenters. The molecule has 1 aromatic heterocycles. The summed E-state index contributed by atoms with van der Waals surface area (Å²) in [5.41, 5.74) is 0.701. The van der Waals surface area contributed by atoms with Gasteiger partial charge in [-0.25, -0.2) is 13.2 Å². The van der Waals surface area contributed by atoms with Crippen molar-refractivity contribution < 1.29 is 13.2 Å². The van der Waals surface area contributed by atoms with Crippen LogP contribution in [-0.2, 0) is 5.92 Å². The Kier molecular flexibility index (Phi) is 3.07. The van der Waals surface area contributed by atoms with Gasteiger partial charge in [-0.1, -0.05) is 0 Å². The topological polar surface area (TPSA) is 25.8 Å². The number of hydrogen-bond acceptors (Lipinski definition) is 2. The van der Waals surface area contributed by atoms with E-state index in [4.69, 9.17) is 0 Å². The Bertz CT molecular complexity index is 559. The molecule has 2 aromatic rings. The molecule has 0 N–H and O–H groups in total. The van der Waals surface area contributed by atoms with Gasteiger partial charge in [-0.3, -0.25) is 0 Å². The third kappa shape index (κ3) is 2.50. The normalized spacial score (nSPS) is 11.6. The third-order valence-electron chi connectivity index (χ3n) is 2.51. The molecule has 0 aliphatic heterocycles. The predicted molar refractivity (Wildman–Crippen MR) is 61.7 cm³/mol. The zero-order valence-corrected chi connectivity index (χ0v) is 9.92. The van der Waals surface area contributed by atoms with E-state index in [9.17, 15) is 13.2 Å². The Morgan fingerprint density at radius 3 is 2.22 bits per heavy atom. The number of hydrogen-bond donors (Lipinski definition) is 0. The average molecular weight is 252 g/mol. The van der Waals surface area contributed by atoms with Crippen molar-refractivity contribution in [2.45, 2.75) is 19.8 Å². The number of nitrogens with zero attached hydrogens (tertiary/aromatic N) is 2. The van der Waals surface area contributed by atoms with Crippen LogP contribution < -0.4 is 0 Å². The fraction of sp³-hybridized carbons (Fsp3) is 0.231. The molecule has 18 heavy (non-hydrogen) atoms. The quantitative estimate of drug-likeness (QED) is 0.814. The number of halogens is 3. The van der Waals surface area contributed by atoms with Gasteiger partial charge < -0.3 is 0 Å². The monoisotopic (exact) mass is 252 g/mol. The molecule has 0 spiro atoms. The highest BCUT2D eigenvalue weighted by Gasteiger charge is 2.29. The standard InChI is InChI=1S/C13H11F3N2/c1-8-7-11(13(2,15)16)12(18-17-8)9-3-5-10(14)6-4-9/h3-7H,1-2H3. The van der Waals surface area contributed by atoms with E-state index in [1.54, 1.807) is 6.92 Å². The first-order valence-corrected chi connectivity index (χ1v) is 5.36. The zero-order valence-electron chi connectivity index (χ0n) is 9.92. The molecule has 2 nitrogen and oxygen atoms in total. The van der Waals surface area contributed by atoms with Gasteiger partial charge >= 0.3 is 0 Å². The van der Waals surface area contributed by atoms with Gasteiger partial charge in [0.2, 0.25) is 0 Å². The van der Waals surface area contributed by atoms with Gasteiger partial charge in [-0.2, -0.15) is 5.10 Å². The lowest BCUT2D eigenvalue weighted by atomic mass is 10.0. The Hall–Kier alpha value is -1.91. The van der Waals surface area contributed by atoms with Gasteiger partial charge in [-0.15, -0.1) is 5.10 Å². The molecule has 1 aromatic carbocycles. The summed E-state index contributed by atoms with van der Waals surface area (Å²) in [6.07, 6.45) is 0. The molecule has 0 amide bonds. The fourth-order valence-electron chi connectivity index (χ4n) is 1.64. The van der Waals surface area contributed by atoms with Crippen LogP contribution in [0.25, 0.3) is 11.3 Å². The maximum absolute atomic E-state index is 13.5. The summed E-state index contributed by atoms with van der Waals surface area (Å²) < 4.78 is 39.9. The summed E-state index contributed by atoms with van der Waals surface area (Å²) in [4.78, 5) is 0. The van der Waals surface area contributed by atoms with Crippen LogP contribution in [0, 0.1) is 12.7 Å². The zero-order chi connectivity index (χ0) is 13.3. The van der Waals surface area contributed by atoms with Gasteiger partial charge in [0.15, 0.2) is 0 Å². The summed E-state index contributed by atoms with van der Waals surface area (Å²) in [6.45, 7) is 2.40. The molecule has 0 fully saturated rings. The molecule has 0 saturated carbocycles. The molecule has 0 atom stereocenters. The molecular formula is C13H11F3N2. The molecule has 0 radical (unpaired) electrons. The Morgan fingerprint density at radius 1 is 1.06 bits per heavy atom. The largest absolute Gasteiger partial charge is 0.272 e. The Morgan fingerprint density at radius 2 is 1.67 bits per heavy atom. The number of benzene rings is 1. The fourth-order valence-corrected chi connectivity index (χ4v) is 1.64. The second-order valence-corrected chi connectivity index (χ2v) is 4.14. The van der Waals surface area contributed by atoms with E-state index in [0.717, 1.165) is 6.92 Å². The van der Waals surface area contributed by atoms with Crippen LogP contribution in [0.1, 0.15) is 18.2 Å². The maximum atomic E-state index is 13.5. The van der Waals surface area contributed by atoms with Crippen LogP contribution in [0.3, 0.4) is 0 Å². The first-order chi connectivity index (χ1) is 8.38. The lowest BCUT2D eigenvalue weighted by Gasteiger charge is -2.15. The molecule has 0 bridgehead atoms. The van der Waals surface area contributed by atoms with E-state index in [1.807, 2.05) is 0 Å². The number of rotatable bonds is 2. The van der Waals surface area contributed by atoms with Crippen LogP contribution in [0.15, 0.2) is 30.3 Å². The van der Waals surface area contributed by atoms with Gasteiger partial charge in [0.25, 0.3) is 5.92 Å². The summed E-state index contributed by atoms with van der Waals surface area (Å²) in [5, 5.41) is 7.57. The van der Waals surface area contributed by atoms with Crippen molar-refractivity contribution in [1.82, 2.24) is 10.2 Å². The Labute approximate surface area is 102 Å². The van der Waals surface area contributed by atoms with Gasteiger partial charge in [0.1, 0.15) is 11.5 Å². The van der Waals surface area contributed by atoms with E-state index in [2.05, 4.69) is 10.2 Å². The van der Waals surface area contributed by atoms with Crippen molar-refractivity contribution in [3.63, 3.8) is 0 Å².